The van der Waals surface area contributed by atoms with Gasteiger partial charge in [0.1, 0.15) is 0 Å². The van der Waals surface area contributed by atoms with Crippen molar-refractivity contribution < 1.29 is 8.42 Å². The number of nitrogens with zero attached hydrogens (tertiary/aromatic N) is 3. The van der Waals surface area contributed by atoms with Gasteiger partial charge < -0.3 is 0 Å². The molecule has 104 valence electrons. The topological polar surface area (TPSA) is 64.8 Å². The fourth-order valence-electron chi connectivity index (χ4n) is 1.87. The summed E-state index contributed by atoms with van der Waals surface area (Å²) >= 11 is 1.52. The van der Waals surface area contributed by atoms with Gasteiger partial charge in [-0.1, -0.05) is 6.92 Å². The molecule has 0 aliphatic carbocycles. The molecule has 0 aliphatic heterocycles. The zero-order valence-electron chi connectivity index (χ0n) is 10.8. The van der Waals surface area contributed by atoms with E-state index in [0.717, 1.165) is 16.9 Å². The summed E-state index contributed by atoms with van der Waals surface area (Å²) in [6.45, 7) is 5.79. The van der Waals surface area contributed by atoms with Crippen LogP contribution in [0.1, 0.15) is 32.4 Å². The molecule has 19 heavy (non-hydrogen) atoms. The molecule has 2 heterocycles. The van der Waals surface area contributed by atoms with Gasteiger partial charge in [-0.3, -0.25) is 4.57 Å². The number of hydrogen-bond acceptors (Lipinski definition) is 5. The van der Waals surface area contributed by atoms with Crippen LogP contribution >= 0.6 is 22.0 Å². The standard InChI is InChI=1S/C11H14ClN3O2S2/c1-4-8-5-6-18-9(8)10-13-14-11(19(12,16)17)15(10)7(2)3/h5-7H,4H2,1-3H3. The second kappa shape index (κ2) is 5.22. The van der Waals surface area contributed by atoms with Crippen molar-refractivity contribution in [1.82, 2.24) is 14.8 Å². The van der Waals surface area contributed by atoms with Crippen LogP contribution < -0.4 is 0 Å². The lowest BCUT2D eigenvalue weighted by atomic mass is 10.2. The van der Waals surface area contributed by atoms with Gasteiger partial charge in [0, 0.05) is 16.7 Å². The number of hydrogen-bond donors (Lipinski definition) is 0. The third-order valence-corrected chi connectivity index (χ3v) is 4.81. The summed E-state index contributed by atoms with van der Waals surface area (Å²) in [5.41, 5.74) is 1.12. The van der Waals surface area contributed by atoms with E-state index >= 15 is 0 Å². The van der Waals surface area contributed by atoms with Crippen molar-refractivity contribution in [3.8, 4) is 10.7 Å². The van der Waals surface area contributed by atoms with Crippen LogP contribution in [0.25, 0.3) is 10.7 Å². The van der Waals surface area contributed by atoms with Gasteiger partial charge in [0.25, 0.3) is 14.2 Å². The first-order valence-electron chi connectivity index (χ1n) is 5.82. The molecule has 0 aliphatic rings. The molecular formula is C11H14ClN3O2S2. The van der Waals surface area contributed by atoms with Gasteiger partial charge >= 0.3 is 0 Å². The molecule has 0 spiro atoms. The van der Waals surface area contributed by atoms with Gasteiger partial charge in [-0.05, 0) is 37.3 Å². The van der Waals surface area contributed by atoms with Gasteiger partial charge in [0.15, 0.2) is 5.82 Å². The third-order valence-electron chi connectivity index (χ3n) is 2.73. The van der Waals surface area contributed by atoms with Crippen molar-refractivity contribution in [2.24, 2.45) is 0 Å². The number of aromatic nitrogens is 3. The Morgan fingerprint density at radius 1 is 1.42 bits per heavy atom. The molecule has 0 radical (unpaired) electrons. The van der Waals surface area contributed by atoms with E-state index in [4.69, 9.17) is 10.7 Å². The maximum Gasteiger partial charge on any atom is 0.296 e. The first-order valence-corrected chi connectivity index (χ1v) is 9.01. The van der Waals surface area contributed by atoms with E-state index in [1.807, 2.05) is 32.2 Å². The Morgan fingerprint density at radius 2 is 2.11 bits per heavy atom. The van der Waals surface area contributed by atoms with Gasteiger partial charge in [0.2, 0.25) is 0 Å². The summed E-state index contributed by atoms with van der Waals surface area (Å²) in [4.78, 5) is 0.940. The van der Waals surface area contributed by atoms with Crippen molar-refractivity contribution >= 4 is 31.1 Å². The lowest BCUT2D eigenvalue weighted by molar-refractivity contribution is 0.531. The summed E-state index contributed by atoms with van der Waals surface area (Å²) in [5.74, 6) is 0.557. The summed E-state index contributed by atoms with van der Waals surface area (Å²) in [6, 6.07) is 1.91. The lowest BCUT2D eigenvalue weighted by Crippen LogP contribution is -2.10. The Labute approximate surface area is 120 Å². The van der Waals surface area contributed by atoms with Crippen LogP contribution in [0, 0.1) is 0 Å². The average Bonchev–Trinajstić information content (AvgIpc) is 2.93. The molecule has 8 heteroatoms. The van der Waals surface area contributed by atoms with Crippen molar-refractivity contribution in [2.45, 2.75) is 38.4 Å². The minimum Gasteiger partial charge on any atom is -0.294 e. The molecule has 2 rings (SSSR count). The molecule has 0 saturated carbocycles. The summed E-state index contributed by atoms with van der Waals surface area (Å²) in [6.07, 6.45) is 0.854. The van der Waals surface area contributed by atoms with E-state index in [-0.39, 0.29) is 11.2 Å². The monoisotopic (exact) mass is 319 g/mol. The highest BCUT2D eigenvalue weighted by Gasteiger charge is 2.26. The van der Waals surface area contributed by atoms with Crippen molar-refractivity contribution in [1.29, 1.82) is 0 Å². The van der Waals surface area contributed by atoms with E-state index in [2.05, 4.69) is 10.2 Å². The number of aryl methyl sites for hydroxylation is 1. The Morgan fingerprint density at radius 3 is 2.63 bits per heavy atom. The summed E-state index contributed by atoms with van der Waals surface area (Å²) < 4.78 is 24.6. The average molecular weight is 320 g/mol. The molecule has 0 unspecified atom stereocenters. The van der Waals surface area contributed by atoms with E-state index in [9.17, 15) is 8.42 Å². The van der Waals surface area contributed by atoms with Crippen molar-refractivity contribution in [3.05, 3.63) is 17.0 Å². The molecule has 5 nitrogen and oxygen atoms in total. The molecule has 2 aromatic rings. The minimum absolute atomic E-state index is 0.0969. The second-order valence-corrected chi connectivity index (χ2v) is 7.71. The Kier molecular flexibility index (Phi) is 3.98. The van der Waals surface area contributed by atoms with Crippen molar-refractivity contribution in [3.63, 3.8) is 0 Å². The van der Waals surface area contributed by atoms with Gasteiger partial charge in [-0.25, -0.2) is 8.42 Å². The number of rotatable bonds is 4. The SMILES string of the molecule is CCc1ccsc1-c1nnc(S(=O)(=O)Cl)n1C(C)C. The molecule has 0 atom stereocenters. The van der Waals surface area contributed by atoms with Gasteiger partial charge in [-0.15, -0.1) is 21.5 Å². The molecule has 2 aromatic heterocycles. The fraction of sp³-hybridized carbons (Fsp3) is 0.455. The van der Waals surface area contributed by atoms with E-state index in [1.165, 1.54) is 11.3 Å². The highest BCUT2D eigenvalue weighted by molar-refractivity contribution is 8.13. The quantitative estimate of drug-likeness (QED) is 0.812. The summed E-state index contributed by atoms with van der Waals surface area (Å²) in [7, 11) is 1.51. The van der Waals surface area contributed by atoms with Gasteiger partial charge in [-0.2, -0.15) is 0 Å². The van der Waals surface area contributed by atoms with Crippen LogP contribution in [0.4, 0.5) is 0 Å². The molecular weight excluding hydrogens is 306 g/mol. The maximum atomic E-state index is 11.5. The summed E-state index contributed by atoms with van der Waals surface area (Å²) in [5, 5.41) is 9.52. The molecule has 0 bridgehead atoms. The third kappa shape index (κ3) is 2.68. The molecule has 0 saturated heterocycles. The van der Waals surface area contributed by atoms with E-state index in [1.54, 1.807) is 4.57 Å². The van der Waals surface area contributed by atoms with Crippen LogP contribution in [-0.2, 0) is 15.5 Å². The zero-order chi connectivity index (χ0) is 14.2. The number of halogens is 1. The van der Waals surface area contributed by atoms with Crippen LogP contribution in [0.3, 0.4) is 0 Å². The normalized spacial score (nSPS) is 12.3. The van der Waals surface area contributed by atoms with E-state index < -0.39 is 9.05 Å². The lowest BCUT2D eigenvalue weighted by Gasteiger charge is -2.12. The van der Waals surface area contributed by atoms with Crippen LogP contribution in [0.5, 0.6) is 0 Å². The van der Waals surface area contributed by atoms with Gasteiger partial charge in [0.05, 0.1) is 4.88 Å². The number of thiophene rings is 1. The Bertz CT molecular complexity index is 689. The van der Waals surface area contributed by atoms with Crippen LogP contribution in [-0.4, -0.2) is 23.2 Å². The highest BCUT2D eigenvalue weighted by Crippen LogP contribution is 2.32. The van der Waals surface area contributed by atoms with Crippen LogP contribution in [0.15, 0.2) is 16.6 Å². The molecule has 0 fully saturated rings. The first kappa shape index (κ1) is 14.5. The van der Waals surface area contributed by atoms with Crippen molar-refractivity contribution in [2.75, 3.05) is 0 Å². The fourth-order valence-corrected chi connectivity index (χ4v) is 3.84. The Balaban J connectivity index is 2.69. The minimum atomic E-state index is -3.90. The largest absolute Gasteiger partial charge is 0.296 e. The molecule has 0 amide bonds. The first-order chi connectivity index (χ1) is 8.86. The second-order valence-electron chi connectivity index (χ2n) is 4.34. The Hall–Kier alpha value is -0.920. The smallest absolute Gasteiger partial charge is 0.294 e. The van der Waals surface area contributed by atoms with Crippen LogP contribution in [0.2, 0.25) is 0 Å². The predicted molar refractivity (Wildman–Crippen MR) is 76.1 cm³/mol. The zero-order valence-corrected chi connectivity index (χ0v) is 13.2. The molecule has 0 N–H and O–H groups in total. The highest BCUT2D eigenvalue weighted by atomic mass is 35.7. The maximum absolute atomic E-state index is 11.5. The predicted octanol–water partition coefficient (Wildman–Crippen LogP) is 3.08. The van der Waals surface area contributed by atoms with E-state index in [0.29, 0.717) is 5.82 Å². The molecule has 0 aromatic carbocycles.